The van der Waals surface area contributed by atoms with Gasteiger partial charge < -0.3 is 10.2 Å². The number of benzene rings is 1. The summed E-state index contributed by atoms with van der Waals surface area (Å²) in [5, 5.41) is 3.62. The number of halogens is 1. The zero-order chi connectivity index (χ0) is 17.6. The third-order valence-corrected chi connectivity index (χ3v) is 3.66. The van der Waals surface area contributed by atoms with Crippen molar-refractivity contribution >= 4 is 46.3 Å². The van der Waals surface area contributed by atoms with E-state index in [-0.39, 0.29) is 12.1 Å². The topological polar surface area (TPSA) is 65.0 Å². The van der Waals surface area contributed by atoms with E-state index in [4.69, 9.17) is 11.6 Å². The van der Waals surface area contributed by atoms with Gasteiger partial charge in [-0.1, -0.05) is 29.4 Å². The van der Waals surface area contributed by atoms with E-state index in [0.29, 0.717) is 15.9 Å². The summed E-state index contributed by atoms with van der Waals surface area (Å²) in [6.45, 7) is 3.70. The largest absolute Gasteiger partial charge is 0.345 e. The number of rotatable bonds is 2. The molecule has 1 aromatic carbocycles. The number of amidine groups is 1. The van der Waals surface area contributed by atoms with Gasteiger partial charge in [0.15, 0.2) is 5.17 Å². The molecular formula is C15H21ClN4O2S. The van der Waals surface area contributed by atoms with E-state index in [0.717, 1.165) is 0 Å². The minimum absolute atomic E-state index is 0.171. The van der Waals surface area contributed by atoms with Crippen LogP contribution in [-0.2, 0) is 0 Å². The van der Waals surface area contributed by atoms with E-state index >= 15 is 0 Å². The maximum absolute atomic E-state index is 12.6. The van der Waals surface area contributed by atoms with Crippen LogP contribution in [0.3, 0.4) is 0 Å². The Bertz CT molecular complexity index is 605. The number of nitrogens with zero attached hydrogens (tertiary/aromatic N) is 3. The monoisotopic (exact) mass is 356 g/mol. The van der Waals surface area contributed by atoms with Crippen LogP contribution < -0.4 is 5.32 Å². The molecule has 0 aliphatic heterocycles. The fourth-order valence-electron chi connectivity index (χ4n) is 1.67. The van der Waals surface area contributed by atoms with Crippen molar-refractivity contribution in [2.24, 2.45) is 4.99 Å². The van der Waals surface area contributed by atoms with Gasteiger partial charge in [-0.05, 0) is 38.3 Å². The van der Waals surface area contributed by atoms with Gasteiger partial charge in [0, 0.05) is 30.8 Å². The SMILES string of the molecule is CSC(=NC(=O)N(C)C)N(C(=O)Nc1cccc(Cl)c1)C(C)C. The molecule has 0 fully saturated rings. The molecule has 126 valence electrons. The van der Waals surface area contributed by atoms with Crippen LogP contribution >= 0.6 is 23.4 Å². The maximum Gasteiger partial charge on any atom is 0.345 e. The van der Waals surface area contributed by atoms with Crippen LogP contribution in [0.15, 0.2) is 29.3 Å². The number of urea groups is 2. The van der Waals surface area contributed by atoms with Gasteiger partial charge in [-0.15, -0.1) is 0 Å². The van der Waals surface area contributed by atoms with E-state index in [1.807, 2.05) is 13.8 Å². The summed E-state index contributed by atoms with van der Waals surface area (Å²) in [5.74, 6) is 0. The second-order valence-electron chi connectivity index (χ2n) is 5.18. The molecule has 23 heavy (non-hydrogen) atoms. The zero-order valence-electron chi connectivity index (χ0n) is 13.8. The number of thioether (sulfide) groups is 1. The highest BCUT2D eigenvalue weighted by Gasteiger charge is 2.23. The van der Waals surface area contributed by atoms with Crippen molar-refractivity contribution in [1.29, 1.82) is 0 Å². The van der Waals surface area contributed by atoms with Crippen LogP contribution in [0, 0.1) is 0 Å². The highest BCUT2D eigenvalue weighted by molar-refractivity contribution is 8.13. The Morgan fingerprint density at radius 1 is 1.30 bits per heavy atom. The van der Waals surface area contributed by atoms with Crippen molar-refractivity contribution in [2.45, 2.75) is 19.9 Å². The first-order valence-electron chi connectivity index (χ1n) is 6.96. The predicted molar refractivity (Wildman–Crippen MR) is 97.5 cm³/mol. The third-order valence-electron chi connectivity index (χ3n) is 2.77. The quantitative estimate of drug-likeness (QED) is 0.643. The maximum atomic E-state index is 12.6. The molecule has 0 saturated heterocycles. The minimum Gasteiger partial charge on any atom is -0.329 e. The van der Waals surface area contributed by atoms with E-state index in [1.54, 1.807) is 44.6 Å². The fourth-order valence-corrected chi connectivity index (χ4v) is 2.52. The number of anilines is 1. The molecule has 0 heterocycles. The van der Waals surface area contributed by atoms with Gasteiger partial charge in [0.25, 0.3) is 0 Å². The van der Waals surface area contributed by atoms with Crippen molar-refractivity contribution in [2.75, 3.05) is 25.7 Å². The highest BCUT2D eigenvalue weighted by atomic mass is 35.5. The van der Waals surface area contributed by atoms with Gasteiger partial charge in [0.05, 0.1) is 0 Å². The molecule has 1 rings (SSSR count). The van der Waals surface area contributed by atoms with Crippen LogP contribution in [0.5, 0.6) is 0 Å². The van der Waals surface area contributed by atoms with Gasteiger partial charge in [0.1, 0.15) is 0 Å². The lowest BCUT2D eigenvalue weighted by Gasteiger charge is -2.27. The van der Waals surface area contributed by atoms with Gasteiger partial charge >= 0.3 is 12.1 Å². The Balaban J connectivity index is 3.04. The summed E-state index contributed by atoms with van der Waals surface area (Å²) in [4.78, 5) is 31.2. The lowest BCUT2D eigenvalue weighted by molar-refractivity contribution is 0.224. The van der Waals surface area contributed by atoms with Gasteiger partial charge in [-0.2, -0.15) is 4.99 Å². The Labute approximate surface area is 145 Å². The van der Waals surface area contributed by atoms with Gasteiger partial charge in [-0.25, -0.2) is 9.59 Å². The third kappa shape index (κ3) is 5.76. The first-order valence-corrected chi connectivity index (χ1v) is 8.56. The van der Waals surface area contributed by atoms with Crippen molar-refractivity contribution in [3.8, 4) is 0 Å². The van der Waals surface area contributed by atoms with E-state index in [1.165, 1.54) is 21.6 Å². The van der Waals surface area contributed by atoms with Crippen LogP contribution in [0.4, 0.5) is 15.3 Å². The van der Waals surface area contributed by atoms with Crippen LogP contribution in [0.1, 0.15) is 13.8 Å². The van der Waals surface area contributed by atoms with Crippen molar-refractivity contribution < 1.29 is 9.59 Å². The van der Waals surface area contributed by atoms with Crippen LogP contribution in [-0.4, -0.2) is 53.4 Å². The number of amides is 4. The average Bonchev–Trinajstić information content (AvgIpc) is 2.45. The first kappa shape index (κ1) is 19.3. The smallest absolute Gasteiger partial charge is 0.329 e. The Hall–Kier alpha value is -1.73. The number of hydrogen-bond donors (Lipinski definition) is 1. The number of carbonyl (C=O) groups excluding carboxylic acids is 2. The molecular weight excluding hydrogens is 336 g/mol. The van der Waals surface area contributed by atoms with Crippen LogP contribution in [0.2, 0.25) is 5.02 Å². The molecule has 1 aromatic rings. The normalized spacial score (nSPS) is 11.3. The lowest BCUT2D eigenvalue weighted by atomic mass is 10.3. The molecule has 8 heteroatoms. The lowest BCUT2D eigenvalue weighted by Crippen LogP contribution is -2.43. The standard InChI is InChI=1S/C15H21ClN4O2S/c1-10(2)20(15(23-5)18-13(21)19(3)4)14(22)17-12-8-6-7-11(16)9-12/h6-10H,1-5H3,(H,17,22). The molecule has 0 aliphatic carbocycles. The average molecular weight is 357 g/mol. The molecule has 0 radical (unpaired) electrons. The molecule has 0 aliphatic rings. The Morgan fingerprint density at radius 3 is 2.43 bits per heavy atom. The fraction of sp³-hybridized carbons (Fsp3) is 0.400. The van der Waals surface area contributed by atoms with E-state index in [2.05, 4.69) is 10.3 Å². The summed E-state index contributed by atoms with van der Waals surface area (Å²) in [5.41, 5.74) is 0.576. The highest BCUT2D eigenvalue weighted by Crippen LogP contribution is 2.17. The molecule has 0 bridgehead atoms. The number of hydrogen-bond acceptors (Lipinski definition) is 3. The molecule has 0 atom stereocenters. The zero-order valence-corrected chi connectivity index (χ0v) is 15.4. The first-order chi connectivity index (χ1) is 10.8. The molecule has 6 nitrogen and oxygen atoms in total. The summed E-state index contributed by atoms with van der Waals surface area (Å²) in [7, 11) is 3.21. The van der Waals surface area contributed by atoms with E-state index < -0.39 is 6.03 Å². The van der Waals surface area contributed by atoms with E-state index in [9.17, 15) is 9.59 Å². The second kappa shape index (κ2) is 8.79. The second-order valence-corrected chi connectivity index (χ2v) is 6.39. The van der Waals surface area contributed by atoms with Gasteiger partial charge in [-0.3, -0.25) is 4.90 Å². The molecule has 1 N–H and O–H groups in total. The van der Waals surface area contributed by atoms with Crippen LogP contribution in [0.25, 0.3) is 0 Å². The Kier molecular flexibility index (Phi) is 7.38. The Morgan fingerprint density at radius 2 is 1.96 bits per heavy atom. The van der Waals surface area contributed by atoms with Gasteiger partial charge in [0.2, 0.25) is 0 Å². The molecule has 0 aromatic heterocycles. The summed E-state index contributed by atoms with van der Waals surface area (Å²) < 4.78 is 0. The minimum atomic E-state index is -0.421. The molecule has 0 spiro atoms. The molecule has 0 unspecified atom stereocenters. The summed E-state index contributed by atoms with van der Waals surface area (Å²) >= 11 is 7.16. The molecule has 4 amide bonds. The predicted octanol–water partition coefficient (Wildman–Crippen LogP) is 3.98. The summed E-state index contributed by atoms with van der Waals surface area (Å²) in [6.07, 6.45) is 1.77. The number of aliphatic imine (C=N–C) groups is 1. The number of nitrogens with one attached hydrogen (secondary N) is 1. The summed E-state index contributed by atoms with van der Waals surface area (Å²) in [6, 6.07) is 5.90. The van der Waals surface area contributed by atoms with Crippen molar-refractivity contribution in [3.63, 3.8) is 0 Å². The van der Waals surface area contributed by atoms with Crippen molar-refractivity contribution in [3.05, 3.63) is 29.3 Å². The number of carbonyl (C=O) groups is 2. The molecule has 0 saturated carbocycles. The van der Waals surface area contributed by atoms with Crippen molar-refractivity contribution in [1.82, 2.24) is 9.80 Å².